The van der Waals surface area contributed by atoms with Gasteiger partial charge in [0.15, 0.2) is 0 Å². The largest absolute Gasteiger partial charge is 0.399 e. The van der Waals surface area contributed by atoms with E-state index in [1.165, 1.54) is 0 Å². The molecule has 0 unspecified atom stereocenters. The normalized spacial score (nSPS) is 10.9. The smallest absolute Gasteiger partial charge is 0.251 e. The fraction of sp³-hybridized carbons (Fsp3) is 0.333. The molecule has 0 amide bonds. The molecular weight excluding hydrogens is 238 g/mol. The lowest BCUT2D eigenvalue weighted by atomic mass is 10.1. The molecule has 0 saturated carbocycles. The Morgan fingerprint density at radius 3 is 2.58 bits per heavy atom. The molecule has 3 N–H and O–H groups in total. The fourth-order valence-corrected chi connectivity index (χ4v) is 1.85. The van der Waals surface area contributed by atoms with E-state index >= 15 is 0 Å². The van der Waals surface area contributed by atoms with Crippen molar-refractivity contribution < 1.29 is 0 Å². The number of nitrogens with one attached hydrogen (secondary N) is 1. The Balaban J connectivity index is 2.30. The average Bonchev–Trinajstić information content (AvgIpc) is 2.36. The van der Waals surface area contributed by atoms with Crippen LogP contribution in [0.15, 0.2) is 35.1 Å². The first-order chi connectivity index (χ1) is 9.04. The zero-order valence-corrected chi connectivity index (χ0v) is 11.3. The molecule has 0 bridgehead atoms. The molecule has 0 radical (unpaired) electrons. The van der Waals surface area contributed by atoms with Gasteiger partial charge in [-0.2, -0.15) is 0 Å². The topological polar surface area (TPSA) is 71.8 Å². The van der Waals surface area contributed by atoms with Crippen molar-refractivity contribution in [3.05, 3.63) is 46.4 Å². The van der Waals surface area contributed by atoms with Gasteiger partial charge in [-0.1, -0.05) is 13.8 Å². The molecule has 100 valence electrons. The molecular formula is C15H19N3O. The van der Waals surface area contributed by atoms with Gasteiger partial charge >= 0.3 is 0 Å². The highest BCUT2D eigenvalue weighted by atomic mass is 16.1. The van der Waals surface area contributed by atoms with E-state index in [1.54, 1.807) is 18.2 Å². The number of nitrogen functional groups attached to an aromatic ring is 1. The maximum atomic E-state index is 11.7. The Labute approximate surface area is 112 Å². The van der Waals surface area contributed by atoms with Crippen molar-refractivity contribution in [2.75, 3.05) is 5.73 Å². The number of nitrogens with zero attached hydrogens (tertiary/aromatic N) is 1. The second kappa shape index (κ2) is 5.69. The highest BCUT2D eigenvalue weighted by Gasteiger charge is 2.05. The first kappa shape index (κ1) is 13.3. The number of nitrogens with two attached hydrogens (primary N) is 1. The molecule has 1 aromatic heterocycles. The van der Waals surface area contributed by atoms with Gasteiger partial charge in [-0.3, -0.25) is 4.79 Å². The zero-order chi connectivity index (χ0) is 13.8. The zero-order valence-electron chi connectivity index (χ0n) is 11.3. The molecule has 0 aliphatic carbocycles. The quantitative estimate of drug-likeness (QED) is 0.827. The molecule has 0 spiro atoms. The lowest BCUT2D eigenvalue weighted by molar-refractivity contribution is 0.581. The number of H-pyrrole nitrogens is 1. The predicted molar refractivity (Wildman–Crippen MR) is 77.9 cm³/mol. The molecule has 1 aromatic carbocycles. The fourth-order valence-electron chi connectivity index (χ4n) is 1.85. The van der Waals surface area contributed by atoms with E-state index in [2.05, 4.69) is 23.8 Å². The number of anilines is 1. The first-order valence-electron chi connectivity index (χ1n) is 6.51. The number of benzene rings is 1. The van der Waals surface area contributed by atoms with Gasteiger partial charge < -0.3 is 10.7 Å². The highest BCUT2D eigenvalue weighted by Crippen LogP contribution is 2.16. The van der Waals surface area contributed by atoms with E-state index in [9.17, 15) is 4.79 Å². The second-order valence-electron chi connectivity index (χ2n) is 5.14. The van der Waals surface area contributed by atoms with Crippen LogP contribution in [0.25, 0.3) is 11.4 Å². The number of rotatable bonds is 4. The third-order valence-electron chi connectivity index (χ3n) is 2.96. The molecule has 2 rings (SSSR count). The summed E-state index contributed by atoms with van der Waals surface area (Å²) in [5.74, 6) is 1.20. The molecule has 0 fully saturated rings. The summed E-state index contributed by atoms with van der Waals surface area (Å²) < 4.78 is 0. The van der Waals surface area contributed by atoms with Crippen molar-refractivity contribution in [1.82, 2.24) is 9.97 Å². The van der Waals surface area contributed by atoms with Gasteiger partial charge in [-0.05, 0) is 43.0 Å². The minimum atomic E-state index is -0.111. The lowest BCUT2D eigenvalue weighted by Crippen LogP contribution is -2.11. The van der Waals surface area contributed by atoms with Gasteiger partial charge in [-0.25, -0.2) is 4.98 Å². The maximum absolute atomic E-state index is 11.7. The number of aromatic nitrogens is 2. The van der Waals surface area contributed by atoms with E-state index in [0.717, 1.165) is 24.1 Å². The van der Waals surface area contributed by atoms with E-state index in [-0.39, 0.29) is 5.56 Å². The first-order valence-corrected chi connectivity index (χ1v) is 6.51. The minimum Gasteiger partial charge on any atom is -0.399 e. The summed E-state index contributed by atoms with van der Waals surface area (Å²) in [6.45, 7) is 4.32. The number of hydrogen-bond donors (Lipinski definition) is 2. The Bertz CT molecular complexity index is 600. The molecule has 0 aliphatic rings. The minimum absolute atomic E-state index is 0.111. The van der Waals surface area contributed by atoms with Crippen molar-refractivity contribution in [2.45, 2.75) is 26.7 Å². The molecule has 1 heterocycles. The molecule has 0 aliphatic heterocycles. The Morgan fingerprint density at radius 2 is 1.95 bits per heavy atom. The van der Waals surface area contributed by atoms with Crippen molar-refractivity contribution in [2.24, 2.45) is 5.92 Å². The average molecular weight is 257 g/mol. The summed E-state index contributed by atoms with van der Waals surface area (Å²) in [5.41, 5.74) is 7.95. The molecule has 0 saturated heterocycles. The van der Waals surface area contributed by atoms with Crippen molar-refractivity contribution in [1.29, 1.82) is 0 Å². The van der Waals surface area contributed by atoms with Crippen LogP contribution in [0.2, 0.25) is 0 Å². The van der Waals surface area contributed by atoms with Crippen LogP contribution in [0.1, 0.15) is 26.0 Å². The van der Waals surface area contributed by atoms with Crippen LogP contribution >= 0.6 is 0 Å². The van der Waals surface area contributed by atoms with Crippen LogP contribution in [0.3, 0.4) is 0 Å². The summed E-state index contributed by atoms with van der Waals surface area (Å²) >= 11 is 0. The Morgan fingerprint density at radius 1 is 1.26 bits per heavy atom. The van der Waals surface area contributed by atoms with Gasteiger partial charge in [-0.15, -0.1) is 0 Å². The van der Waals surface area contributed by atoms with Gasteiger partial charge in [0, 0.05) is 23.0 Å². The van der Waals surface area contributed by atoms with Gasteiger partial charge in [0.1, 0.15) is 5.82 Å². The van der Waals surface area contributed by atoms with Crippen LogP contribution in [-0.4, -0.2) is 9.97 Å². The summed E-state index contributed by atoms with van der Waals surface area (Å²) in [5, 5.41) is 0. The second-order valence-corrected chi connectivity index (χ2v) is 5.14. The molecule has 4 nitrogen and oxygen atoms in total. The van der Waals surface area contributed by atoms with Crippen LogP contribution < -0.4 is 11.3 Å². The third kappa shape index (κ3) is 3.68. The van der Waals surface area contributed by atoms with Crippen LogP contribution in [0.4, 0.5) is 5.69 Å². The molecule has 19 heavy (non-hydrogen) atoms. The van der Waals surface area contributed by atoms with E-state index in [1.807, 2.05) is 12.1 Å². The van der Waals surface area contributed by atoms with E-state index < -0.39 is 0 Å². The number of hydrogen-bond acceptors (Lipinski definition) is 3. The molecule has 0 atom stereocenters. The summed E-state index contributed by atoms with van der Waals surface area (Å²) in [7, 11) is 0. The van der Waals surface area contributed by atoms with Gasteiger partial charge in [0.2, 0.25) is 0 Å². The molecule has 4 heteroatoms. The van der Waals surface area contributed by atoms with Crippen molar-refractivity contribution in [3.8, 4) is 11.4 Å². The summed E-state index contributed by atoms with van der Waals surface area (Å²) in [4.78, 5) is 18.9. The monoisotopic (exact) mass is 257 g/mol. The summed E-state index contributed by atoms with van der Waals surface area (Å²) in [6, 6.07) is 8.90. The Kier molecular flexibility index (Phi) is 4.00. The number of aromatic amines is 1. The van der Waals surface area contributed by atoms with Crippen LogP contribution in [0.5, 0.6) is 0 Å². The number of aryl methyl sites for hydroxylation is 1. The van der Waals surface area contributed by atoms with Crippen molar-refractivity contribution in [3.63, 3.8) is 0 Å². The lowest BCUT2D eigenvalue weighted by Gasteiger charge is -2.06. The highest BCUT2D eigenvalue weighted by molar-refractivity contribution is 5.58. The molecule has 2 aromatic rings. The van der Waals surface area contributed by atoms with Crippen LogP contribution in [-0.2, 0) is 6.42 Å². The van der Waals surface area contributed by atoms with E-state index in [0.29, 0.717) is 17.4 Å². The van der Waals surface area contributed by atoms with Crippen LogP contribution in [0, 0.1) is 5.92 Å². The standard InChI is InChI=1S/C15H19N3O/c1-10(2)3-8-13-9-14(19)18-15(17-13)11-4-6-12(16)7-5-11/h4-7,9-10H,3,8,16H2,1-2H3,(H,17,18,19). The van der Waals surface area contributed by atoms with Gasteiger partial charge in [0.05, 0.1) is 0 Å². The third-order valence-corrected chi connectivity index (χ3v) is 2.96. The van der Waals surface area contributed by atoms with Gasteiger partial charge in [0.25, 0.3) is 5.56 Å². The van der Waals surface area contributed by atoms with Crippen molar-refractivity contribution >= 4 is 5.69 Å². The van der Waals surface area contributed by atoms with E-state index in [4.69, 9.17) is 5.73 Å². The summed E-state index contributed by atoms with van der Waals surface area (Å²) in [6.07, 6.45) is 1.85. The SMILES string of the molecule is CC(C)CCc1cc(=O)[nH]c(-c2ccc(N)cc2)n1. The Hall–Kier alpha value is -2.10. The maximum Gasteiger partial charge on any atom is 0.251 e. The predicted octanol–water partition coefficient (Wildman–Crippen LogP) is 2.61.